The first-order chi connectivity index (χ1) is 20.8. The summed E-state index contributed by atoms with van der Waals surface area (Å²) in [5, 5.41) is 0. The van der Waals surface area contributed by atoms with Crippen molar-refractivity contribution in [2.45, 2.75) is 5.41 Å². The molecular weight excluding hydrogens is 529 g/mol. The maximum atomic E-state index is 6.50. The highest BCUT2D eigenvalue weighted by atomic mass is 32.1. The molecule has 0 N–H and O–H groups in total. The molecule has 200 valence electrons. The Morgan fingerprint density at radius 2 is 0.762 bits per heavy atom. The Labute approximate surface area is 251 Å². The van der Waals surface area contributed by atoms with E-state index in [0.29, 0.717) is 0 Å². The fraction of sp³-hybridized carbons (Fsp3) is 0.0250. The molecule has 0 aliphatic rings. The number of hydrogen-bond acceptors (Lipinski definition) is 1. The molecule has 0 amide bonds. The van der Waals surface area contributed by atoms with Gasteiger partial charge in [-0.3, -0.25) is 0 Å². The van der Waals surface area contributed by atoms with Crippen molar-refractivity contribution in [2.24, 2.45) is 0 Å². The zero-order valence-corrected chi connectivity index (χ0v) is 23.9. The van der Waals surface area contributed by atoms with Crippen LogP contribution in [0.5, 0.6) is 0 Å². The Kier molecular flexibility index (Phi) is 7.05. The Morgan fingerprint density at radius 1 is 0.381 bits per heavy atom. The zero-order valence-electron chi connectivity index (χ0n) is 23.1. The molecule has 0 bridgehead atoms. The minimum atomic E-state index is -0.462. The van der Waals surface area contributed by atoms with Crippen LogP contribution in [0.3, 0.4) is 0 Å². The van der Waals surface area contributed by atoms with Gasteiger partial charge in [-0.2, -0.15) is 0 Å². The first kappa shape index (κ1) is 25.9. The van der Waals surface area contributed by atoms with Crippen LogP contribution < -0.4 is 0 Å². The van der Waals surface area contributed by atoms with Crippen LogP contribution in [0.25, 0.3) is 33.1 Å². The van der Waals surface area contributed by atoms with E-state index in [-0.39, 0.29) is 0 Å². The van der Waals surface area contributed by atoms with Crippen molar-refractivity contribution >= 4 is 11.3 Å². The normalized spacial score (nSPS) is 11.3. The first-order valence-corrected chi connectivity index (χ1v) is 15.0. The summed E-state index contributed by atoms with van der Waals surface area (Å²) < 4.78 is 6.50. The minimum absolute atomic E-state index is 0.462. The van der Waals surface area contributed by atoms with Crippen molar-refractivity contribution in [3.63, 3.8) is 0 Å². The second kappa shape index (κ2) is 11.4. The molecule has 0 spiro atoms. The molecule has 0 fully saturated rings. The largest absolute Gasteiger partial charge is 0.361 e. The van der Waals surface area contributed by atoms with Gasteiger partial charge in [0.15, 0.2) is 0 Å². The summed E-state index contributed by atoms with van der Waals surface area (Å²) in [6, 6.07) is 62.2. The molecule has 5 aromatic carbocycles. The lowest BCUT2D eigenvalue weighted by Crippen LogP contribution is -2.29. The lowest BCUT2D eigenvalue weighted by Gasteiger charge is -2.35. The predicted octanol–water partition coefficient (Wildman–Crippen LogP) is 11.0. The van der Waals surface area contributed by atoms with Gasteiger partial charge in [0.2, 0.25) is 0 Å². The third-order valence-corrected chi connectivity index (χ3v) is 9.04. The molecule has 2 heteroatoms. The van der Waals surface area contributed by atoms with Gasteiger partial charge in [0.1, 0.15) is 0 Å². The van der Waals surface area contributed by atoms with Crippen LogP contribution in [0.15, 0.2) is 180 Å². The summed E-state index contributed by atoms with van der Waals surface area (Å²) in [5.41, 5.74) is 6.52. The maximum Gasteiger partial charge on any atom is 0.361 e. The van der Waals surface area contributed by atoms with E-state index in [1.807, 2.05) is 23.5 Å². The highest BCUT2D eigenvalue weighted by molar-refractivity contribution is 7.15. The van der Waals surface area contributed by atoms with E-state index in [1.165, 1.54) is 26.4 Å². The molecule has 7 aromatic rings. The molecule has 2 aromatic heterocycles. The van der Waals surface area contributed by atoms with Gasteiger partial charge in [-0.05, 0) is 53.1 Å². The molecule has 42 heavy (non-hydrogen) atoms. The van der Waals surface area contributed by atoms with Crippen LogP contribution in [0.1, 0.15) is 21.6 Å². The zero-order chi connectivity index (χ0) is 28.2. The van der Waals surface area contributed by atoms with Gasteiger partial charge in [0.05, 0.1) is 28.7 Å². The summed E-state index contributed by atoms with van der Waals surface area (Å²) in [6.07, 6.45) is 0. The van der Waals surface area contributed by atoms with Gasteiger partial charge in [0, 0.05) is 15.3 Å². The Bertz CT molecular complexity index is 1740. The third-order valence-electron chi connectivity index (χ3n) is 7.79. The van der Waals surface area contributed by atoms with E-state index in [9.17, 15) is 0 Å². The highest BCUT2D eigenvalue weighted by Crippen LogP contribution is 2.49. The van der Waals surface area contributed by atoms with Crippen molar-refractivity contribution in [1.82, 2.24) is 0 Å². The maximum absolute atomic E-state index is 6.50. The SMILES string of the molecule is c1ccc(-c2cc(-c3ccc(C(c4ccccc4)(c4ccccc4)c4ccccc4)s3)cc(-c3ccccc3)[o+]2)cc1. The van der Waals surface area contributed by atoms with Crippen LogP contribution in [-0.2, 0) is 5.41 Å². The fourth-order valence-corrected chi connectivity index (χ4v) is 7.07. The van der Waals surface area contributed by atoms with E-state index in [2.05, 4.69) is 164 Å². The monoisotopic (exact) mass is 557 g/mol. The van der Waals surface area contributed by atoms with Gasteiger partial charge in [-0.1, -0.05) is 127 Å². The average Bonchev–Trinajstić information content (AvgIpc) is 3.58. The molecule has 7 rings (SSSR count). The first-order valence-electron chi connectivity index (χ1n) is 14.2. The lowest BCUT2D eigenvalue weighted by molar-refractivity contribution is 0.582. The van der Waals surface area contributed by atoms with Crippen LogP contribution >= 0.6 is 11.3 Å². The van der Waals surface area contributed by atoms with Crippen molar-refractivity contribution < 1.29 is 4.42 Å². The molecule has 0 saturated heterocycles. The number of benzene rings is 5. The van der Waals surface area contributed by atoms with E-state index in [4.69, 9.17) is 4.42 Å². The second-order valence-electron chi connectivity index (χ2n) is 10.3. The second-order valence-corrected chi connectivity index (χ2v) is 11.4. The number of rotatable bonds is 7. The van der Waals surface area contributed by atoms with Gasteiger partial charge in [-0.15, -0.1) is 11.3 Å². The summed E-state index contributed by atoms with van der Waals surface area (Å²) in [7, 11) is 0. The number of thiophene rings is 1. The third kappa shape index (κ3) is 4.76. The highest BCUT2D eigenvalue weighted by Gasteiger charge is 2.39. The standard InChI is InChI=1S/C40H29OS/c1-6-16-30(17-7-1)36-28-32(29-37(41-36)31-18-8-2-9-19-31)38-26-27-39(42-38)40(33-20-10-3-11-21-33,34-22-12-4-13-23-34)35-24-14-5-15-25-35/h1-29H/q+1. The van der Waals surface area contributed by atoms with E-state index < -0.39 is 5.41 Å². The predicted molar refractivity (Wildman–Crippen MR) is 176 cm³/mol. The fourth-order valence-electron chi connectivity index (χ4n) is 5.82. The quantitative estimate of drug-likeness (QED) is 0.140. The van der Waals surface area contributed by atoms with E-state index >= 15 is 0 Å². The van der Waals surface area contributed by atoms with Gasteiger partial charge in [0.25, 0.3) is 0 Å². The summed E-state index contributed by atoms with van der Waals surface area (Å²) in [4.78, 5) is 2.46. The van der Waals surface area contributed by atoms with Crippen molar-refractivity contribution in [2.75, 3.05) is 0 Å². The van der Waals surface area contributed by atoms with E-state index in [0.717, 1.165) is 28.2 Å². The van der Waals surface area contributed by atoms with Gasteiger partial charge < -0.3 is 0 Å². The molecule has 1 nitrogen and oxygen atoms in total. The van der Waals surface area contributed by atoms with Crippen molar-refractivity contribution in [3.8, 4) is 33.1 Å². The summed E-state index contributed by atoms with van der Waals surface area (Å²) >= 11 is 1.84. The van der Waals surface area contributed by atoms with Crippen LogP contribution in [0, 0.1) is 0 Å². The molecule has 0 radical (unpaired) electrons. The smallest absolute Gasteiger partial charge is 0.207 e. The molecule has 0 aliphatic carbocycles. The molecule has 0 atom stereocenters. The molecule has 0 unspecified atom stereocenters. The van der Waals surface area contributed by atoms with Crippen LogP contribution in [-0.4, -0.2) is 0 Å². The summed E-state index contributed by atoms with van der Waals surface area (Å²) in [6.45, 7) is 0. The molecule has 0 saturated carbocycles. The van der Waals surface area contributed by atoms with Gasteiger partial charge >= 0.3 is 11.5 Å². The van der Waals surface area contributed by atoms with Crippen molar-refractivity contribution in [1.29, 1.82) is 0 Å². The van der Waals surface area contributed by atoms with Crippen molar-refractivity contribution in [3.05, 3.63) is 197 Å². The van der Waals surface area contributed by atoms with Gasteiger partial charge in [-0.25, -0.2) is 4.42 Å². The molecule has 2 heterocycles. The Hall–Kier alpha value is -5.05. The van der Waals surface area contributed by atoms with Crippen LogP contribution in [0.2, 0.25) is 0 Å². The summed E-state index contributed by atoms with van der Waals surface area (Å²) in [5.74, 6) is 1.70. The van der Waals surface area contributed by atoms with Crippen LogP contribution in [0.4, 0.5) is 0 Å². The number of hydrogen-bond donors (Lipinski definition) is 0. The average molecular weight is 558 g/mol. The van der Waals surface area contributed by atoms with E-state index in [1.54, 1.807) is 0 Å². The topological polar surface area (TPSA) is 11.3 Å². The lowest BCUT2D eigenvalue weighted by atomic mass is 9.68. The minimum Gasteiger partial charge on any atom is -0.207 e. The Morgan fingerprint density at radius 3 is 1.17 bits per heavy atom. The molecule has 0 aliphatic heterocycles. The molecular formula is C40H29OS+. The Balaban J connectivity index is 1.45.